The van der Waals surface area contributed by atoms with Crippen LogP contribution in [0, 0.1) is 5.92 Å². The van der Waals surface area contributed by atoms with E-state index in [9.17, 15) is 8.42 Å². The molecule has 0 amide bonds. The molecule has 0 fully saturated rings. The fourth-order valence-corrected chi connectivity index (χ4v) is 10.7. The number of sulfone groups is 1. The van der Waals surface area contributed by atoms with E-state index in [4.69, 9.17) is 9.16 Å². The van der Waals surface area contributed by atoms with Gasteiger partial charge in [-0.2, -0.15) is 0 Å². The van der Waals surface area contributed by atoms with Crippen molar-refractivity contribution in [3.8, 4) is 0 Å². The van der Waals surface area contributed by atoms with Gasteiger partial charge in [0.05, 0.1) is 28.6 Å². The molecule has 4 rings (SSSR count). The van der Waals surface area contributed by atoms with Gasteiger partial charge in [0.15, 0.2) is 0 Å². The lowest BCUT2D eigenvalue weighted by Crippen LogP contribution is -2.67. The minimum absolute atomic E-state index is 0.183. The van der Waals surface area contributed by atoms with Crippen LogP contribution in [0.3, 0.4) is 0 Å². The van der Waals surface area contributed by atoms with Crippen LogP contribution in [0.1, 0.15) is 20.8 Å². The predicted molar refractivity (Wildman–Crippen MR) is 135 cm³/mol. The van der Waals surface area contributed by atoms with Crippen molar-refractivity contribution in [2.24, 2.45) is 5.92 Å². The molecule has 0 radical (unpaired) electrons. The summed E-state index contributed by atoms with van der Waals surface area (Å²) in [5.74, 6) is -0.364. The second-order valence-corrected chi connectivity index (χ2v) is 15.6. The first kappa shape index (κ1) is 23.5. The minimum atomic E-state index is -3.65. The number of hydrogen-bond donors (Lipinski definition) is 0. The quantitative estimate of drug-likeness (QED) is 0.469. The van der Waals surface area contributed by atoms with Crippen molar-refractivity contribution in [3.63, 3.8) is 0 Å². The Morgan fingerprint density at radius 2 is 1.33 bits per heavy atom. The molecule has 6 heteroatoms. The summed E-state index contributed by atoms with van der Waals surface area (Å²) in [6.07, 6.45) is 1.39. The van der Waals surface area contributed by atoms with Crippen LogP contribution in [0.15, 0.2) is 107 Å². The van der Waals surface area contributed by atoms with Crippen molar-refractivity contribution in [3.05, 3.63) is 102 Å². The summed E-state index contributed by atoms with van der Waals surface area (Å²) in [6.45, 7) is 7.19. The Hall–Kier alpha value is -2.67. The minimum Gasteiger partial charge on any atom is -0.499 e. The molecule has 1 atom stereocenters. The Morgan fingerprint density at radius 3 is 1.82 bits per heavy atom. The van der Waals surface area contributed by atoms with Crippen molar-refractivity contribution in [2.45, 2.75) is 30.7 Å². The van der Waals surface area contributed by atoms with Gasteiger partial charge >= 0.3 is 0 Å². The van der Waals surface area contributed by atoms with Gasteiger partial charge in [0, 0.05) is 6.61 Å². The Bertz CT molecular complexity index is 1160. The van der Waals surface area contributed by atoms with Gasteiger partial charge < -0.3 is 9.16 Å². The van der Waals surface area contributed by atoms with E-state index in [1.54, 1.807) is 24.3 Å². The summed E-state index contributed by atoms with van der Waals surface area (Å²) in [6, 6.07) is 29.2. The molecule has 3 aromatic carbocycles. The summed E-state index contributed by atoms with van der Waals surface area (Å²) in [5.41, 5.74) is 0. The maximum atomic E-state index is 13.3. The van der Waals surface area contributed by atoms with Crippen LogP contribution in [-0.2, 0) is 19.0 Å². The Morgan fingerprint density at radius 1 is 0.848 bits per heavy atom. The second kappa shape index (κ2) is 9.29. The van der Waals surface area contributed by atoms with E-state index in [2.05, 4.69) is 45.0 Å². The fourth-order valence-electron chi connectivity index (χ4n) is 4.56. The van der Waals surface area contributed by atoms with Crippen LogP contribution < -0.4 is 10.4 Å². The van der Waals surface area contributed by atoms with Crippen LogP contribution in [0.25, 0.3) is 0 Å². The molecule has 1 unspecified atom stereocenters. The summed E-state index contributed by atoms with van der Waals surface area (Å²) < 4.78 is 39.1. The zero-order valence-corrected chi connectivity index (χ0v) is 21.1. The molecule has 0 bridgehead atoms. The highest BCUT2D eigenvalue weighted by Gasteiger charge is 2.51. The van der Waals surface area contributed by atoms with Crippen LogP contribution in [0.5, 0.6) is 0 Å². The molecule has 1 aliphatic heterocycles. The van der Waals surface area contributed by atoms with Crippen molar-refractivity contribution >= 4 is 28.5 Å². The molecule has 0 N–H and O–H groups in total. The summed E-state index contributed by atoms with van der Waals surface area (Å²) in [7, 11) is -6.41. The third kappa shape index (κ3) is 4.43. The van der Waals surface area contributed by atoms with E-state index < -0.39 is 18.2 Å². The first-order valence-electron chi connectivity index (χ1n) is 11.1. The highest BCUT2D eigenvalue weighted by Crippen LogP contribution is 2.38. The van der Waals surface area contributed by atoms with E-state index in [1.807, 2.05) is 42.5 Å². The van der Waals surface area contributed by atoms with Gasteiger partial charge in [-0.05, 0) is 27.5 Å². The average molecular weight is 479 g/mol. The molecule has 0 spiro atoms. The van der Waals surface area contributed by atoms with E-state index in [1.165, 1.54) is 16.6 Å². The molecule has 1 heterocycles. The smallest absolute Gasteiger partial charge is 0.261 e. The maximum absolute atomic E-state index is 13.3. The summed E-state index contributed by atoms with van der Waals surface area (Å²) in [5, 5.41) is 2.15. The maximum Gasteiger partial charge on any atom is 0.261 e. The zero-order chi connectivity index (χ0) is 23.5. The monoisotopic (exact) mass is 478 g/mol. The van der Waals surface area contributed by atoms with Crippen molar-refractivity contribution < 1.29 is 17.6 Å². The molecule has 0 saturated heterocycles. The first-order chi connectivity index (χ1) is 15.8. The van der Waals surface area contributed by atoms with Crippen LogP contribution in [-0.4, -0.2) is 29.9 Å². The molecule has 4 nitrogen and oxygen atoms in total. The number of ether oxygens (including phenoxy) is 1. The van der Waals surface area contributed by atoms with Crippen LogP contribution in [0.4, 0.5) is 0 Å². The number of hydrogen-bond acceptors (Lipinski definition) is 4. The summed E-state index contributed by atoms with van der Waals surface area (Å²) in [4.78, 5) is 0.559. The molecule has 172 valence electrons. The van der Waals surface area contributed by atoms with E-state index in [0.29, 0.717) is 6.61 Å². The van der Waals surface area contributed by atoms with Crippen LogP contribution >= 0.6 is 0 Å². The van der Waals surface area contributed by atoms with Crippen molar-refractivity contribution in [2.75, 3.05) is 13.2 Å². The Kier molecular flexibility index (Phi) is 6.61. The first-order valence-corrected chi connectivity index (χ1v) is 14.5. The normalized spacial score (nSPS) is 16.8. The second-order valence-electron chi connectivity index (χ2n) is 9.34. The Labute approximate surface area is 197 Å². The molecule has 0 saturated carbocycles. The Balaban J connectivity index is 1.72. The standard InChI is InChI=1S/C27H30O4SSi/c1-27(2,3)33(24-15-9-5-10-16-24,25-17-11-6-12-18-25)31-20-22-19-30-21-26(22)32(28,29)23-13-7-4-8-14-23/h4-18,21-22H,19-20H2,1-3H3. The third-order valence-corrected chi connectivity index (χ3v) is 13.1. The van der Waals surface area contributed by atoms with E-state index >= 15 is 0 Å². The number of benzene rings is 3. The van der Waals surface area contributed by atoms with Crippen molar-refractivity contribution in [1.82, 2.24) is 0 Å². The van der Waals surface area contributed by atoms with E-state index in [0.717, 1.165) is 0 Å². The molecule has 0 aliphatic carbocycles. The number of rotatable bonds is 7. The molecule has 33 heavy (non-hydrogen) atoms. The van der Waals surface area contributed by atoms with Crippen molar-refractivity contribution in [1.29, 1.82) is 0 Å². The average Bonchev–Trinajstić information content (AvgIpc) is 3.30. The largest absolute Gasteiger partial charge is 0.499 e. The predicted octanol–water partition coefficient (Wildman–Crippen LogP) is 4.52. The fraction of sp³-hybridized carbons (Fsp3) is 0.259. The van der Waals surface area contributed by atoms with Gasteiger partial charge in [-0.3, -0.25) is 0 Å². The lowest BCUT2D eigenvalue weighted by atomic mass is 10.2. The SMILES string of the molecule is CC(C)(C)[Si](OCC1COC=C1S(=O)(=O)c1ccccc1)(c1ccccc1)c1ccccc1. The molecular weight excluding hydrogens is 448 g/mol. The van der Waals surface area contributed by atoms with Gasteiger partial charge in [0.1, 0.15) is 0 Å². The molecule has 3 aromatic rings. The van der Waals surface area contributed by atoms with Gasteiger partial charge in [-0.1, -0.05) is 99.6 Å². The molecule has 1 aliphatic rings. The zero-order valence-electron chi connectivity index (χ0n) is 19.3. The summed E-state index contributed by atoms with van der Waals surface area (Å²) >= 11 is 0. The lowest BCUT2D eigenvalue weighted by molar-refractivity contribution is 0.192. The van der Waals surface area contributed by atoms with E-state index in [-0.39, 0.29) is 27.4 Å². The van der Waals surface area contributed by atoms with Gasteiger partial charge in [-0.25, -0.2) is 8.42 Å². The van der Waals surface area contributed by atoms with Gasteiger partial charge in [-0.15, -0.1) is 0 Å². The van der Waals surface area contributed by atoms with Gasteiger partial charge in [0.2, 0.25) is 9.84 Å². The third-order valence-electron chi connectivity index (χ3n) is 6.18. The lowest BCUT2D eigenvalue weighted by Gasteiger charge is -2.43. The van der Waals surface area contributed by atoms with Gasteiger partial charge in [0.25, 0.3) is 8.32 Å². The topological polar surface area (TPSA) is 52.6 Å². The highest BCUT2D eigenvalue weighted by atomic mass is 32.2. The molecule has 0 aromatic heterocycles. The highest BCUT2D eigenvalue weighted by molar-refractivity contribution is 7.95. The molecular formula is C27H30O4SSi. The van der Waals surface area contributed by atoms with Crippen LogP contribution in [0.2, 0.25) is 5.04 Å².